The van der Waals surface area contributed by atoms with Crippen LogP contribution in [0.1, 0.15) is 33.3 Å². The summed E-state index contributed by atoms with van der Waals surface area (Å²) in [6.07, 6.45) is 0.831. The topological polar surface area (TPSA) is 29.3 Å². The number of halogens is 1. The van der Waals surface area contributed by atoms with Crippen molar-refractivity contribution in [2.24, 2.45) is 11.7 Å². The second-order valence-electron chi connectivity index (χ2n) is 6.10. The first-order chi connectivity index (χ1) is 8.80. The highest BCUT2D eigenvalue weighted by atomic mass is 19.1. The summed E-state index contributed by atoms with van der Waals surface area (Å²) in [5.74, 6) is 0.381. The normalized spacial score (nSPS) is 16.7. The van der Waals surface area contributed by atoms with Crippen molar-refractivity contribution in [2.45, 2.75) is 45.7 Å². The predicted molar refractivity (Wildman–Crippen MR) is 79.6 cm³/mol. The molecule has 0 amide bonds. The van der Waals surface area contributed by atoms with Crippen molar-refractivity contribution in [1.82, 2.24) is 4.90 Å². The van der Waals surface area contributed by atoms with E-state index in [2.05, 4.69) is 39.6 Å². The summed E-state index contributed by atoms with van der Waals surface area (Å²) in [4.78, 5) is 2.35. The van der Waals surface area contributed by atoms with E-state index in [1.165, 1.54) is 12.1 Å². The van der Waals surface area contributed by atoms with Gasteiger partial charge in [0.25, 0.3) is 0 Å². The summed E-state index contributed by atoms with van der Waals surface area (Å²) in [6.45, 7) is 9.42. The molecule has 0 aliphatic rings. The summed E-state index contributed by atoms with van der Waals surface area (Å²) in [6, 6.07) is 7.17. The fraction of sp³-hybridized carbons (Fsp3) is 0.625. The molecule has 2 nitrogen and oxygen atoms in total. The van der Waals surface area contributed by atoms with Crippen LogP contribution in [0, 0.1) is 11.7 Å². The number of nitrogens with zero attached hydrogens (tertiary/aromatic N) is 1. The fourth-order valence-electron chi connectivity index (χ4n) is 2.32. The van der Waals surface area contributed by atoms with Crippen LogP contribution >= 0.6 is 0 Å². The van der Waals surface area contributed by atoms with Gasteiger partial charge in [-0.05, 0) is 50.9 Å². The first kappa shape index (κ1) is 16.1. The second-order valence-corrected chi connectivity index (χ2v) is 6.10. The SMILES string of the molecule is CC(C)C(C)N(C)C(C)(CN)Cc1ccc(F)cc1. The molecule has 0 saturated heterocycles. The average Bonchev–Trinajstić information content (AvgIpc) is 2.39. The Kier molecular flexibility index (Phi) is 5.50. The summed E-state index contributed by atoms with van der Waals surface area (Å²) in [7, 11) is 2.13. The molecule has 0 fully saturated rings. The van der Waals surface area contributed by atoms with Crippen LogP contribution in [-0.4, -0.2) is 30.1 Å². The smallest absolute Gasteiger partial charge is 0.123 e. The number of rotatable bonds is 6. The number of benzene rings is 1. The molecule has 0 saturated carbocycles. The Bertz CT molecular complexity index is 388. The van der Waals surface area contributed by atoms with Gasteiger partial charge in [0.15, 0.2) is 0 Å². The third-order valence-corrected chi connectivity index (χ3v) is 4.37. The van der Waals surface area contributed by atoms with Gasteiger partial charge in [0.1, 0.15) is 5.82 Å². The summed E-state index contributed by atoms with van der Waals surface area (Å²) in [5.41, 5.74) is 7.02. The van der Waals surface area contributed by atoms with Gasteiger partial charge < -0.3 is 5.73 Å². The zero-order valence-electron chi connectivity index (χ0n) is 12.8. The van der Waals surface area contributed by atoms with Crippen molar-refractivity contribution in [3.05, 3.63) is 35.6 Å². The molecule has 0 bridgehead atoms. The van der Waals surface area contributed by atoms with Crippen LogP contribution in [0.4, 0.5) is 4.39 Å². The van der Waals surface area contributed by atoms with E-state index in [-0.39, 0.29) is 11.4 Å². The van der Waals surface area contributed by atoms with E-state index in [1.807, 2.05) is 12.1 Å². The maximum atomic E-state index is 13.0. The standard InChI is InChI=1S/C16H27FN2/c1-12(2)13(3)19(5)16(4,11-18)10-14-6-8-15(17)9-7-14/h6-9,12-13H,10-11,18H2,1-5H3. The van der Waals surface area contributed by atoms with Crippen molar-refractivity contribution in [3.63, 3.8) is 0 Å². The fourth-order valence-corrected chi connectivity index (χ4v) is 2.32. The molecular formula is C16H27FN2. The highest BCUT2D eigenvalue weighted by Gasteiger charge is 2.32. The molecule has 0 aromatic heterocycles. The first-order valence-electron chi connectivity index (χ1n) is 6.97. The van der Waals surface area contributed by atoms with Crippen molar-refractivity contribution < 1.29 is 4.39 Å². The molecule has 0 heterocycles. The monoisotopic (exact) mass is 266 g/mol. The minimum Gasteiger partial charge on any atom is -0.329 e. The number of hydrogen-bond acceptors (Lipinski definition) is 2. The number of hydrogen-bond donors (Lipinski definition) is 1. The van der Waals surface area contributed by atoms with E-state index in [4.69, 9.17) is 5.73 Å². The molecule has 3 heteroatoms. The van der Waals surface area contributed by atoms with Gasteiger partial charge in [-0.3, -0.25) is 4.90 Å². The molecule has 2 atom stereocenters. The predicted octanol–water partition coefficient (Wildman–Crippen LogP) is 3.06. The van der Waals surface area contributed by atoms with Crippen LogP contribution in [0.3, 0.4) is 0 Å². The Morgan fingerprint density at radius 1 is 1.21 bits per heavy atom. The van der Waals surface area contributed by atoms with E-state index in [1.54, 1.807) is 0 Å². The lowest BCUT2D eigenvalue weighted by Crippen LogP contribution is -2.55. The van der Waals surface area contributed by atoms with E-state index in [0.29, 0.717) is 18.5 Å². The number of nitrogens with two attached hydrogens (primary N) is 1. The highest BCUT2D eigenvalue weighted by molar-refractivity contribution is 5.19. The molecule has 1 aromatic carbocycles. The van der Waals surface area contributed by atoms with Crippen molar-refractivity contribution >= 4 is 0 Å². The van der Waals surface area contributed by atoms with E-state index in [0.717, 1.165) is 12.0 Å². The van der Waals surface area contributed by atoms with Gasteiger partial charge in [-0.15, -0.1) is 0 Å². The molecule has 0 aliphatic heterocycles. The third-order valence-electron chi connectivity index (χ3n) is 4.37. The molecule has 108 valence electrons. The first-order valence-corrected chi connectivity index (χ1v) is 6.97. The number of likely N-dealkylation sites (N-methyl/N-ethyl adjacent to an activating group) is 1. The van der Waals surface area contributed by atoms with Crippen molar-refractivity contribution in [1.29, 1.82) is 0 Å². The maximum Gasteiger partial charge on any atom is 0.123 e. The van der Waals surface area contributed by atoms with Gasteiger partial charge in [-0.1, -0.05) is 26.0 Å². The van der Waals surface area contributed by atoms with Gasteiger partial charge in [-0.2, -0.15) is 0 Å². The Hall–Kier alpha value is -0.930. The molecule has 2 unspecified atom stereocenters. The summed E-state index contributed by atoms with van der Waals surface area (Å²) in [5, 5.41) is 0. The molecule has 1 aromatic rings. The molecular weight excluding hydrogens is 239 g/mol. The van der Waals surface area contributed by atoms with Crippen molar-refractivity contribution in [2.75, 3.05) is 13.6 Å². The minimum absolute atomic E-state index is 0.110. The third kappa shape index (κ3) is 4.02. The minimum atomic E-state index is -0.192. The highest BCUT2D eigenvalue weighted by Crippen LogP contribution is 2.23. The second kappa shape index (κ2) is 6.49. The van der Waals surface area contributed by atoms with Crippen LogP contribution < -0.4 is 5.73 Å². The lowest BCUT2D eigenvalue weighted by atomic mass is 9.88. The Balaban J connectivity index is 2.88. The summed E-state index contributed by atoms with van der Waals surface area (Å²) >= 11 is 0. The summed E-state index contributed by atoms with van der Waals surface area (Å²) < 4.78 is 13.0. The zero-order valence-corrected chi connectivity index (χ0v) is 12.8. The van der Waals surface area contributed by atoms with E-state index >= 15 is 0 Å². The van der Waals surface area contributed by atoms with Gasteiger partial charge >= 0.3 is 0 Å². The van der Waals surface area contributed by atoms with Crippen LogP contribution in [0.25, 0.3) is 0 Å². The Labute approximate surface area is 116 Å². The quantitative estimate of drug-likeness (QED) is 0.857. The molecule has 0 radical (unpaired) electrons. The van der Waals surface area contributed by atoms with Gasteiger partial charge in [0, 0.05) is 18.1 Å². The molecule has 0 aliphatic carbocycles. The lowest BCUT2D eigenvalue weighted by molar-refractivity contribution is 0.0767. The van der Waals surface area contributed by atoms with Crippen molar-refractivity contribution in [3.8, 4) is 0 Å². The van der Waals surface area contributed by atoms with Crippen LogP contribution in [0.15, 0.2) is 24.3 Å². The van der Waals surface area contributed by atoms with Crippen LogP contribution in [0.5, 0.6) is 0 Å². The van der Waals surface area contributed by atoms with Gasteiger partial charge in [0.05, 0.1) is 0 Å². The van der Waals surface area contributed by atoms with Crippen LogP contribution in [0.2, 0.25) is 0 Å². The van der Waals surface area contributed by atoms with E-state index in [9.17, 15) is 4.39 Å². The molecule has 1 rings (SSSR count). The Morgan fingerprint density at radius 2 is 1.74 bits per heavy atom. The lowest BCUT2D eigenvalue weighted by Gasteiger charge is -2.43. The van der Waals surface area contributed by atoms with E-state index < -0.39 is 0 Å². The van der Waals surface area contributed by atoms with Gasteiger partial charge in [-0.25, -0.2) is 4.39 Å². The maximum absolute atomic E-state index is 13.0. The molecule has 0 spiro atoms. The molecule has 19 heavy (non-hydrogen) atoms. The van der Waals surface area contributed by atoms with Crippen LogP contribution in [-0.2, 0) is 6.42 Å². The average molecular weight is 266 g/mol. The zero-order chi connectivity index (χ0) is 14.6. The largest absolute Gasteiger partial charge is 0.329 e. The Morgan fingerprint density at radius 3 is 2.16 bits per heavy atom. The van der Waals surface area contributed by atoms with Gasteiger partial charge in [0.2, 0.25) is 0 Å². The molecule has 2 N–H and O–H groups in total.